The van der Waals surface area contributed by atoms with Crippen molar-refractivity contribution < 1.29 is 11.0 Å². The van der Waals surface area contributed by atoms with Crippen LogP contribution < -0.4 is 0 Å². The van der Waals surface area contributed by atoms with Gasteiger partial charge in [-0.15, -0.1) is 0 Å². The molecule has 4 heterocycles. The maximum absolute atomic E-state index is 9.09. The number of benzene rings is 10. The lowest BCUT2D eigenvalue weighted by molar-refractivity contribution is 1.16. The van der Waals surface area contributed by atoms with Crippen LogP contribution in [0.15, 0.2) is 230 Å². The van der Waals surface area contributed by atoms with Crippen molar-refractivity contribution in [2.75, 3.05) is 0 Å². The SMILES string of the molecule is [2H]c1c([2H])c([2H])c2c(c1[2H])c1c([2H])c([2H])c([2H])c([2H])c1n2-c1ccc2c(c1)c1ccccc1n2-c1cccc(-c2ccccc2-n2c3ccccc3c3cc(-n4c5ccccc5c5ccccc54)ccc32)c1. The van der Waals surface area contributed by atoms with Crippen LogP contribution in [0, 0.1) is 0 Å². The van der Waals surface area contributed by atoms with Crippen LogP contribution in [0.3, 0.4) is 0 Å². The zero-order valence-corrected chi connectivity index (χ0v) is 34.1. The van der Waals surface area contributed by atoms with Gasteiger partial charge in [0.2, 0.25) is 0 Å². The first-order valence-corrected chi connectivity index (χ1v) is 21.4. The monoisotopic (exact) mass is 822 g/mol. The van der Waals surface area contributed by atoms with E-state index in [9.17, 15) is 0 Å². The molecule has 0 radical (unpaired) electrons. The molecule has 0 bridgehead atoms. The molecule has 10 aromatic carbocycles. The zero-order valence-electron chi connectivity index (χ0n) is 42.1. The summed E-state index contributed by atoms with van der Waals surface area (Å²) in [6, 6.07) is 60.3. The van der Waals surface area contributed by atoms with E-state index < -0.39 is 24.2 Å². The first kappa shape index (κ1) is 28.1. The van der Waals surface area contributed by atoms with Gasteiger partial charge >= 0.3 is 0 Å². The van der Waals surface area contributed by atoms with Crippen LogP contribution in [0.4, 0.5) is 0 Å². The van der Waals surface area contributed by atoms with Crippen molar-refractivity contribution in [3.05, 3.63) is 230 Å². The molecule has 0 N–H and O–H groups in total. The summed E-state index contributed by atoms with van der Waals surface area (Å²) in [5.74, 6) is 0. The Kier molecular flexibility index (Phi) is 5.90. The Balaban J connectivity index is 0.945. The summed E-state index contributed by atoms with van der Waals surface area (Å²) in [6.07, 6.45) is 0. The van der Waals surface area contributed by atoms with Crippen LogP contribution in [0.2, 0.25) is 0 Å². The fraction of sp³-hybridized carbons (Fsp3) is 0. The van der Waals surface area contributed by atoms with E-state index in [1.807, 2.05) is 30.3 Å². The van der Waals surface area contributed by atoms with E-state index >= 15 is 0 Å². The van der Waals surface area contributed by atoms with Crippen molar-refractivity contribution in [1.29, 1.82) is 0 Å². The van der Waals surface area contributed by atoms with Crippen LogP contribution in [-0.4, -0.2) is 18.3 Å². The lowest BCUT2D eigenvalue weighted by Gasteiger charge is -2.16. The van der Waals surface area contributed by atoms with Crippen molar-refractivity contribution >= 4 is 87.2 Å². The summed E-state index contributed by atoms with van der Waals surface area (Å²) in [6.45, 7) is 0. The molecular weight excluding hydrogens is 777 g/mol. The van der Waals surface area contributed by atoms with E-state index in [2.05, 4.69) is 165 Å². The maximum Gasteiger partial charge on any atom is 0.0645 e. The van der Waals surface area contributed by atoms with E-state index in [-0.39, 0.29) is 46.0 Å². The van der Waals surface area contributed by atoms with Gasteiger partial charge < -0.3 is 18.3 Å². The van der Waals surface area contributed by atoms with E-state index in [1.165, 1.54) is 10.8 Å². The minimum Gasteiger partial charge on any atom is -0.309 e. The molecular formula is C60H38N4. The summed E-state index contributed by atoms with van der Waals surface area (Å²) < 4.78 is 78.9. The molecule has 0 aliphatic carbocycles. The van der Waals surface area contributed by atoms with Gasteiger partial charge in [0.1, 0.15) is 0 Å². The molecule has 0 unspecified atom stereocenters. The number of hydrogen-bond donors (Lipinski definition) is 0. The van der Waals surface area contributed by atoms with E-state index in [0.717, 1.165) is 82.8 Å². The summed E-state index contributed by atoms with van der Waals surface area (Å²) in [5, 5.41) is 6.65. The van der Waals surface area contributed by atoms with Gasteiger partial charge in [-0.1, -0.05) is 139 Å². The van der Waals surface area contributed by atoms with Gasteiger partial charge in [-0.2, -0.15) is 0 Å². The summed E-state index contributed by atoms with van der Waals surface area (Å²) >= 11 is 0. The molecule has 0 saturated heterocycles. The summed E-state index contributed by atoms with van der Waals surface area (Å²) in [7, 11) is 0. The van der Waals surface area contributed by atoms with Crippen LogP contribution in [-0.2, 0) is 0 Å². The molecule has 0 atom stereocenters. The van der Waals surface area contributed by atoms with Crippen molar-refractivity contribution in [2.45, 2.75) is 0 Å². The van der Waals surface area contributed by atoms with Gasteiger partial charge in [0.15, 0.2) is 0 Å². The second kappa shape index (κ2) is 13.4. The first-order valence-electron chi connectivity index (χ1n) is 25.4. The zero-order chi connectivity index (χ0) is 48.8. The molecule has 0 saturated carbocycles. The third-order valence-corrected chi connectivity index (χ3v) is 13.0. The van der Waals surface area contributed by atoms with Gasteiger partial charge in [-0.25, -0.2) is 0 Å². The largest absolute Gasteiger partial charge is 0.309 e. The molecule has 4 aromatic heterocycles. The lowest BCUT2D eigenvalue weighted by Crippen LogP contribution is -1.99. The van der Waals surface area contributed by atoms with Crippen molar-refractivity contribution in [3.8, 4) is 33.9 Å². The van der Waals surface area contributed by atoms with E-state index in [1.54, 1.807) is 4.57 Å². The molecule has 14 rings (SSSR count). The molecule has 4 nitrogen and oxygen atoms in total. The minimum atomic E-state index is -0.470. The van der Waals surface area contributed by atoms with Crippen LogP contribution in [0.1, 0.15) is 11.0 Å². The Morgan fingerprint density at radius 1 is 0.266 bits per heavy atom. The lowest BCUT2D eigenvalue weighted by atomic mass is 10.0. The highest BCUT2D eigenvalue weighted by Crippen LogP contribution is 2.41. The third kappa shape index (κ3) is 4.93. The van der Waals surface area contributed by atoms with Gasteiger partial charge in [0, 0.05) is 65.7 Å². The van der Waals surface area contributed by atoms with E-state index in [0.29, 0.717) is 5.69 Å². The molecule has 0 spiro atoms. The maximum atomic E-state index is 9.09. The molecule has 14 aromatic rings. The fourth-order valence-corrected chi connectivity index (χ4v) is 10.3. The normalized spacial score (nSPS) is 13.8. The number of hydrogen-bond acceptors (Lipinski definition) is 0. The number of rotatable bonds is 5. The smallest absolute Gasteiger partial charge is 0.0645 e. The average molecular weight is 823 g/mol. The highest BCUT2D eigenvalue weighted by atomic mass is 15.0. The van der Waals surface area contributed by atoms with Crippen molar-refractivity contribution in [3.63, 3.8) is 0 Å². The van der Waals surface area contributed by atoms with Crippen LogP contribution in [0.5, 0.6) is 0 Å². The van der Waals surface area contributed by atoms with Crippen LogP contribution in [0.25, 0.3) is 121 Å². The highest BCUT2D eigenvalue weighted by Gasteiger charge is 2.20. The summed E-state index contributed by atoms with van der Waals surface area (Å²) in [5.41, 5.74) is 12.2. The number of fused-ring (bicyclic) bond motifs is 12. The average Bonchev–Trinajstić information content (AvgIpc) is 4.16. The van der Waals surface area contributed by atoms with Gasteiger partial charge in [0.05, 0.1) is 60.8 Å². The van der Waals surface area contributed by atoms with E-state index in [4.69, 9.17) is 11.0 Å². The molecule has 0 aliphatic rings. The van der Waals surface area contributed by atoms with Gasteiger partial charge in [-0.3, -0.25) is 0 Å². The predicted octanol–water partition coefficient (Wildman–Crippen LogP) is 15.7. The second-order valence-electron chi connectivity index (χ2n) is 16.3. The van der Waals surface area contributed by atoms with Crippen molar-refractivity contribution in [1.82, 2.24) is 18.3 Å². The Morgan fingerprint density at radius 2 is 0.672 bits per heavy atom. The summed E-state index contributed by atoms with van der Waals surface area (Å²) in [4.78, 5) is 0. The third-order valence-electron chi connectivity index (χ3n) is 13.0. The Morgan fingerprint density at radius 3 is 1.23 bits per heavy atom. The van der Waals surface area contributed by atoms with Crippen LogP contribution >= 0.6 is 0 Å². The number of nitrogens with zero attached hydrogens (tertiary/aromatic N) is 4. The van der Waals surface area contributed by atoms with Gasteiger partial charge in [0.25, 0.3) is 0 Å². The molecule has 4 heteroatoms. The standard InChI is InChI=1S/C60H38N4/c1-8-25-52(64-58-31-14-7-24-49(58)51-38-42(33-35-60(51)64)63-55-28-11-4-21-46(55)47-22-5-12-29-56(47)63)43(18-1)39-16-15-17-40(36-39)61-57-30-13-6-23-48(57)50-37-41(32-34-59(50)61)62-53-26-9-2-19-44(53)45-20-3-10-27-54(45)62/h1-38H/i2D,3D,9D,10D,19D,20D,26D,27D. The Hall–Kier alpha value is -8.60. The van der Waals surface area contributed by atoms with Crippen molar-refractivity contribution in [2.24, 2.45) is 0 Å². The fourth-order valence-electron chi connectivity index (χ4n) is 10.3. The molecule has 298 valence electrons. The topological polar surface area (TPSA) is 19.7 Å². The molecule has 0 aliphatic heterocycles. The highest BCUT2D eigenvalue weighted by molar-refractivity contribution is 6.14. The minimum absolute atomic E-state index is 0.0488. The molecule has 0 amide bonds. The second-order valence-corrected chi connectivity index (χ2v) is 16.3. The predicted molar refractivity (Wildman–Crippen MR) is 269 cm³/mol. The number of aromatic nitrogens is 4. The molecule has 0 fully saturated rings. The first-order chi connectivity index (χ1) is 35.1. The molecule has 64 heavy (non-hydrogen) atoms. The Labute approximate surface area is 379 Å². The van der Waals surface area contributed by atoms with Gasteiger partial charge in [-0.05, 0) is 96.5 Å². The number of para-hydroxylation sites is 7. The Bertz CT molecular complexity index is 4560. The quantitative estimate of drug-likeness (QED) is 0.165.